The van der Waals surface area contributed by atoms with Gasteiger partial charge in [-0.3, -0.25) is 9.59 Å². The second-order valence-electron chi connectivity index (χ2n) is 15.3. The molecule has 1 amide bonds. The Morgan fingerprint density at radius 2 is 1.64 bits per heavy atom. The molecule has 4 nitrogen and oxygen atoms in total. The largest absolute Gasteiger partial charge is 0.387 e. The topological polar surface area (TPSA) is 58.2 Å². The SMILES string of the molecule is CC(C)(C)c1ccc(C2(NC(=O)C3CC[C@H]4[C@@H]5CNC6=CC(=O)CC[C@]6(C)[C@@H]5CC[C@]34C)CCCCC2)cc1. The van der Waals surface area contributed by atoms with Crippen molar-refractivity contribution in [2.24, 2.45) is 34.5 Å². The third-order valence-corrected chi connectivity index (χ3v) is 12.3. The van der Waals surface area contributed by atoms with Gasteiger partial charge in [-0.25, -0.2) is 0 Å². The molecule has 212 valence electrons. The predicted molar refractivity (Wildman–Crippen MR) is 157 cm³/mol. The molecule has 0 radical (unpaired) electrons. The standard InChI is InChI=1S/C35H50N2O2/c1-32(2,3)23-9-11-24(12-10-23)35(17-7-6-8-18-35)37-31(39)29-14-13-27-26-22-36-30-21-25(38)15-19-34(30,5)28(26)16-20-33(27,29)4/h9-12,21,26-29,36H,6-8,13-20,22H2,1-5H3,(H,37,39)/t26-,27-,28+,29?,33-,34+/m0/s1. The van der Waals surface area contributed by atoms with E-state index in [1.54, 1.807) is 0 Å². The van der Waals surface area contributed by atoms with Crippen molar-refractivity contribution in [3.63, 3.8) is 0 Å². The molecule has 1 aromatic rings. The van der Waals surface area contributed by atoms with Crippen LogP contribution in [0.4, 0.5) is 0 Å². The molecule has 3 saturated carbocycles. The highest BCUT2D eigenvalue weighted by Gasteiger charge is 2.60. The molecule has 1 aromatic carbocycles. The average Bonchev–Trinajstić information content (AvgIpc) is 3.26. The summed E-state index contributed by atoms with van der Waals surface area (Å²) in [5, 5.41) is 7.45. The van der Waals surface area contributed by atoms with Crippen molar-refractivity contribution in [1.29, 1.82) is 0 Å². The number of fused-ring (bicyclic) bond motifs is 5. The Morgan fingerprint density at radius 3 is 2.33 bits per heavy atom. The number of carbonyl (C=O) groups is 2. The van der Waals surface area contributed by atoms with Crippen LogP contribution in [0.2, 0.25) is 0 Å². The van der Waals surface area contributed by atoms with Crippen LogP contribution >= 0.6 is 0 Å². The Morgan fingerprint density at radius 1 is 0.923 bits per heavy atom. The van der Waals surface area contributed by atoms with Gasteiger partial charge in [-0.05, 0) is 84.7 Å². The maximum Gasteiger partial charge on any atom is 0.224 e. The van der Waals surface area contributed by atoms with Gasteiger partial charge in [0.25, 0.3) is 0 Å². The lowest BCUT2D eigenvalue weighted by atomic mass is 9.50. The van der Waals surface area contributed by atoms with E-state index in [0.717, 1.165) is 45.1 Å². The first kappa shape index (κ1) is 27.1. The zero-order valence-electron chi connectivity index (χ0n) is 25.0. The molecular weight excluding hydrogens is 480 g/mol. The fourth-order valence-corrected chi connectivity index (χ4v) is 9.83. The molecule has 0 bridgehead atoms. The van der Waals surface area contributed by atoms with Crippen molar-refractivity contribution in [1.82, 2.24) is 10.6 Å². The maximum absolute atomic E-state index is 14.3. The van der Waals surface area contributed by atoms with E-state index in [4.69, 9.17) is 0 Å². The van der Waals surface area contributed by atoms with Crippen LogP contribution in [0.3, 0.4) is 0 Å². The number of nitrogens with one attached hydrogen (secondary N) is 2. The van der Waals surface area contributed by atoms with Gasteiger partial charge in [-0.1, -0.05) is 78.1 Å². The summed E-state index contributed by atoms with van der Waals surface area (Å²) >= 11 is 0. The van der Waals surface area contributed by atoms with E-state index in [0.29, 0.717) is 30.1 Å². The molecule has 1 saturated heterocycles. The molecule has 5 aliphatic rings. The average molecular weight is 531 g/mol. The lowest BCUT2D eigenvalue weighted by Crippen LogP contribution is -2.58. The van der Waals surface area contributed by atoms with Crippen LogP contribution in [0.15, 0.2) is 36.0 Å². The van der Waals surface area contributed by atoms with Gasteiger partial charge in [0.15, 0.2) is 5.78 Å². The lowest BCUT2D eigenvalue weighted by molar-refractivity contribution is -0.135. The van der Waals surface area contributed by atoms with Crippen LogP contribution in [0.25, 0.3) is 0 Å². The molecule has 6 rings (SSSR count). The Hall–Kier alpha value is -2.10. The van der Waals surface area contributed by atoms with Crippen molar-refractivity contribution in [3.8, 4) is 0 Å². The van der Waals surface area contributed by atoms with Gasteiger partial charge in [0.2, 0.25) is 5.91 Å². The number of piperidine rings is 1. The van der Waals surface area contributed by atoms with Crippen molar-refractivity contribution < 1.29 is 9.59 Å². The Balaban J connectivity index is 1.23. The Labute approximate surface area is 236 Å². The maximum atomic E-state index is 14.3. The van der Waals surface area contributed by atoms with Crippen molar-refractivity contribution in [3.05, 3.63) is 47.2 Å². The summed E-state index contributed by atoms with van der Waals surface area (Å²) in [5.41, 5.74) is 3.87. The normalized spacial score (nSPS) is 37.6. The molecule has 4 heteroatoms. The number of rotatable bonds is 3. The minimum Gasteiger partial charge on any atom is -0.387 e. The van der Waals surface area contributed by atoms with Gasteiger partial charge in [0, 0.05) is 36.1 Å². The fourth-order valence-electron chi connectivity index (χ4n) is 9.83. The molecule has 4 aliphatic carbocycles. The van der Waals surface area contributed by atoms with Crippen molar-refractivity contribution in [2.75, 3.05) is 6.54 Å². The van der Waals surface area contributed by atoms with Crippen molar-refractivity contribution >= 4 is 11.7 Å². The molecule has 0 spiro atoms. The van der Waals surface area contributed by atoms with E-state index in [-0.39, 0.29) is 33.5 Å². The number of benzene rings is 1. The van der Waals surface area contributed by atoms with Crippen LogP contribution in [0, 0.1) is 34.5 Å². The number of hydrogen-bond acceptors (Lipinski definition) is 3. The van der Waals surface area contributed by atoms with Gasteiger partial charge in [-0.2, -0.15) is 0 Å². The third kappa shape index (κ3) is 4.39. The number of carbonyl (C=O) groups excluding carboxylic acids is 2. The highest BCUT2D eigenvalue weighted by Crippen LogP contribution is 2.64. The number of ketones is 1. The number of allylic oxidation sites excluding steroid dienone is 2. The van der Waals surface area contributed by atoms with Crippen LogP contribution < -0.4 is 10.6 Å². The molecule has 1 heterocycles. The van der Waals surface area contributed by atoms with Gasteiger partial charge >= 0.3 is 0 Å². The van der Waals surface area contributed by atoms with Gasteiger partial charge in [0.1, 0.15) is 0 Å². The first-order valence-corrected chi connectivity index (χ1v) is 15.9. The van der Waals surface area contributed by atoms with Gasteiger partial charge < -0.3 is 10.6 Å². The molecule has 6 atom stereocenters. The lowest BCUT2D eigenvalue weighted by Gasteiger charge is -2.58. The predicted octanol–water partition coefficient (Wildman–Crippen LogP) is 7.17. The van der Waals surface area contributed by atoms with Crippen LogP contribution in [-0.2, 0) is 20.5 Å². The second kappa shape index (κ2) is 9.48. The zero-order chi connectivity index (χ0) is 27.6. The first-order chi connectivity index (χ1) is 18.5. The van der Waals surface area contributed by atoms with E-state index in [9.17, 15) is 9.59 Å². The molecule has 39 heavy (non-hydrogen) atoms. The molecular formula is C35H50N2O2. The fraction of sp³-hybridized carbons (Fsp3) is 0.714. The Bertz CT molecular complexity index is 1150. The molecule has 2 N–H and O–H groups in total. The minimum atomic E-state index is -0.231. The van der Waals surface area contributed by atoms with E-state index < -0.39 is 0 Å². The van der Waals surface area contributed by atoms with Crippen molar-refractivity contribution in [2.45, 2.75) is 116 Å². The smallest absolute Gasteiger partial charge is 0.224 e. The first-order valence-electron chi connectivity index (χ1n) is 15.9. The highest BCUT2D eigenvalue weighted by atomic mass is 16.2. The number of amides is 1. The van der Waals surface area contributed by atoms with Crippen LogP contribution in [0.1, 0.15) is 116 Å². The third-order valence-electron chi connectivity index (χ3n) is 12.3. The van der Waals surface area contributed by atoms with E-state index in [1.165, 1.54) is 42.5 Å². The zero-order valence-corrected chi connectivity index (χ0v) is 25.0. The quantitative estimate of drug-likeness (QED) is 0.435. The van der Waals surface area contributed by atoms with Crippen LogP contribution in [0.5, 0.6) is 0 Å². The number of hydrogen-bond donors (Lipinski definition) is 2. The van der Waals surface area contributed by atoms with E-state index >= 15 is 0 Å². The summed E-state index contributed by atoms with van der Waals surface area (Å²) in [6.07, 6.45) is 13.7. The van der Waals surface area contributed by atoms with Crippen LogP contribution in [-0.4, -0.2) is 18.2 Å². The highest BCUT2D eigenvalue weighted by molar-refractivity contribution is 5.91. The summed E-state index contributed by atoms with van der Waals surface area (Å²) in [5.74, 6) is 2.45. The van der Waals surface area contributed by atoms with E-state index in [1.807, 2.05) is 6.08 Å². The summed E-state index contributed by atoms with van der Waals surface area (Å²) in [7, 11) is 0. The second-order valence-corrected chi connectivity index (χ2v) is 15.3. The van der Waals surface area contributed by atoms with Gasteiger partial charge in [-0.15, -0.1) is 0 Å². The molecule has 1 unspecified atom stereocenters. The van der Waals surface area contributed by atoms with E-state index in [2.05, 4.69) is 69.5 Å². The molecule has 1 aliphatic heterocycles. The monoisotopic (exact) mass is 530 g/mol. The minimum absolute atomic E-state index is 0.0565. The summed E-state index contributed by atoms with van der Waals surface area (Å²) in [6, 6.07) is 9.16. The molecule has 4 fully saturated rings. The summed E-state index contributed by atoms with van der Waals surface area (Å²) < 4.78 is 0. The van der Waals surface area contributed by atoms with Gasteiger partial charge in [0.05, 0.1) is 5.54 Å². The molecule has 0 aromatic heterocycles. The summed E-state index contributed by atoms with van der Waals surface area (Å²) in [6.45, 7) is 12.6. The Kier molecular flexibility index (Phi) is 6.59. The summed E-state index contributed by atoms with van der Waals surface area (Å²) in [4.78, 5) is 26.5.